The second-order valence-electron chi connectivity index (χ2n) is 4.40. The molecule has 104 valence electrons. The molecule has 0 saturated carbocycles. The van der Waals surface area contributed by atoms with Gasteiger partial charge in [0, 0.05) is 5.69 Å². The Kier molecular flexibility index (Phi) is 3.89. The molecule has 2 aromatic carbocycles. The van der Waals surface area contributed by atoms with Crippen LogP contribution in [0.5, 0.6) is 0 Å². The summed E-state index contributed by atoms with van der Waals surface area (Å²) in [6.45, 7) is 1.80. The van der Waals surface area contributed by atoms with E-state index in [4.69, 9.17) is 10.5 Å². The number of nitrogen functional groups attached to an aromatic ring is 1. The van der Waals surface area contributed by atoms with E-state index >= 15 is 0 Å². The number of methoxy groups -OCH3 is 1. The molecule has 0 amide bonds. The first kappa shape index (κ1) is 13.9. The van der Waals surface area contributed by atoms with E-state index in [0.717, 1.165) is 5.56 Å². The number of anilines is 3. The molecule has 5 heteroatoms. The highest BCUT2D eigenvalue weighted by Gasteiger charge is 2.13. The van der Waals surface area contributed by atoms with Gasteiger partial charge >= 0.3 is 5.97 Å². The van der Waals surface area contributed by atoms with Gasteiger partial charge in [0.25, 0.3) is 0 Å². The van der Waals surface area contributed by atoms with Crippen molar-refractivity contribution in [3.05, 3.63) is 53.3 Å². The second-order valence-corrected chi connectivity index (χ2v) is 4.40. The standard InChI is InChI=1S/C15H15FN2O2/c1-9-3-5-14(12(16)7-9)18-13-6-4-10(17)8-11(13)15(19)20-2/h3-8,18H,17H2,1-2H3. The molecule has 0 spiro atoms. The van der Waals surface area contributed by atoms with E-state index in [0.29, 0.717) is 11.4 Å². The maximum Gasteiger partial charge on any atom is 0.340 e. The molecule has 0 aliphatic rings. The van der Waals surface area contributed by atoms with Gasteiger partial charge in [-0.05, 0) is 42.8 Å². The first-order valence-electron chi connectivity index (χ1n) is 6.02. The van der Waals surface area contributed by atoms with Crippen molar-refractivity contribution >= 4 is 23.0 Å². The summed E-state index contributed by atoms with van der Waals surface area (Å²) in [4.78, 5) is 11.7. The third-order valence-corrected chi connectivity index (χ3v) is 2.84. The van der Waals surface area contributed by atoms with Gasteiger partial charge in [-0.25, -0.2) is 9.18 Å². The average Bonchev–Trinajstić information content (AvgIpc) is 2.42. The van der Waals surface area contributed by atoms with Crippen LogP contribution in [-0.2, 0) is 4.74 Å². The lowest BCUT2D eigenvalue weighted by Crippen LogP contribution is -2.07. The topological polar surface area (TPSA) is 64.3 Å². The van der Waals surface area contributed by atoms with Crippen LogP contribution in [0.25, 0.3) is 0 Å². The molecule has 0 aromatic heterocycles. The van der Waals surface area contributed by atoms with Crippen LogP contribution in [0, 0.1) is 12.7 Å². The number of nitrogens with two attached hydrogens (primary N) is 1. The van der Waals surface area contributed by atoms with Crippen LogP contribution < -0.4 is 11.1 Å². The number of rotatable bonds is 3. The summed E-state index contributed by atoms with van der Waals surface area (Å²) in [7, 11) is 1.28. The fourth-order valence-electron chi connectivity index (χ4n) is 1.82. The van der Waals surface area contributed by atoms with Gasteiger partial charge < -0.3 is 15.8 Å². The van der Waals surface area contributed by atoms with Crippen molar-refractivity contribution in [2.24, 2.45) is 0 Å². The SMILES string of the molecule is COC(=O)c1cc(N)ccc1Nc1ccc(C)cc1F. The monoisotopic (exact) mass is 274 g/mol. The van der Waals surface area contributed by atoms with Crippen LogP contribution >= 0.6 is 0 Å². The number of nitrogens with one attached hydrogen (secondary N) is 1. The second kappa shape index (κ2) is 5.61. The molecule has 2 rings (SSSR count). The molecule has 0 unspecified atom stereocenters. The highest BCUT2D eigenvalue weighted by molar-refractivity contribution is 5.97. The van der Waals surface area contributed by atoms with Gasteiger partial charge in [-0.1, -0.05) is 6.07 Å². The lowest BCUT2D eigenvalue weighted by atomic mass is 10.1. The minimum absolute atomic E-state index is 0.257. The van der Waals surface area contributed by atoms with E-state index in [2.05, 4.69) is 5.32 Å². The minimum atomic E-state index is -0.535. The van der Waals surface area contributed by atoms with E-state index in [1.807, 2.05) is 0 Å². The number of halogens is 1. The molecule has 0 radical (unpaired) electrons. The van der Waals surface area contributed by atoms with Crippen molar-refractivity contribution in [3.63, 3.8) is 0 Å². The number of esters is 1. The Labute approximate surface area is 116 Å². The number of aryl methyl sites for hydroxylation is 1. The summed E-state index contributed by atoms with van der Waals surface area (Å²) >= 11 is 0. The highest BCUT2D eigenvalue weighted by atomic mass is 19.1. The Morgan fingerprint density at radius 2 is 1.90 bits per heavy atom. The molecule has 0 fully saturated rings. The molecular weight excluding hydrogens is 259 g/mol. The van der Waals surface area contributed by atoms with Gasteiger partial charge in [-0.15, -0.1) is 0 Å². The highest BCUT2D eigenvalue weighted by Crippen LogP contribution is 2.26. The van der Waals surface area contributed by atoms with Gasteiger partial charge in [-0.2, -0.15) is 0 Å². The molecule has 3 N–H and O–H groups in total. The third kappa shape index (κ3) is 2.88. The molecule has 0 bridgehead atoms. The van der Waals surface area contributed by atoms with Gasteiger partial charge in [0.1, 0.15) is 5.82 Å². The van der Waals surface area contributed by atoms with Gasteiger partial charge in [0.05, 0.1) is 24.0 Å². The number of carbonyl (C=O) groups is 1. The molecule has 0 aliphatic heterocycles. The zero-order valence-corrected chi connectivity index (χ0v) is 11.2. The van der Waals surface area contributed by atoms with Crippen LogP contribution in [0.1, 0.15) is 15.9 Å². The maximum atomic E-state index is 13.8. The van der Waals surface area contributed by atoms with Crippen molar-refractivity contribution in [2.75, 3.05) is 18.2 Å². The lowest BCUT2D eigenvalue weighted by molar-refractivity contribution is 0.0602. The van der Waals surface area contributed by atoms with Gasteiger partial charge in [0.15, 0.2) is 0 Å². The number of hydrogen-bond acceptors (Lipinski definition) is 4. The normalized spacial score (nSPS) is 10.2. The molecule has 0 aliphatic carbocycles. The van der Waals surface area contributed by atoms with Crippen LogP contribution in [0.4, 0.5) is 21.5 Å². The summed E-state index contributed by atoms with van der Waals surface area (Å²) in [5.74, 6) is -0.926. The van der Waals surface area contributed by atoms with Gasteiger partial charge in [-0.3, -0.25) is 0 Å². The Hall–Kier alpha value is -2.56. The predicted octanol–water partition coefficient (Wildman–Crippen LogP) is 3.25. The molecule has 0 heterocycles. The largest absolute Gasteiger partial charge is 0.465 e. The average molecular weight is 274 g/mol. The molecular formula is C15H15FN2O2. The van der Waals surface area contributed by atoms with E-state index in [1.54, 1.807) is 31.2 Å². The lowest BCUT2D eigenvalue weighted by Gasteiger charge is -2.12. The van der Waals surface area contributed by atoms with E-state index in [1.165, 1.54) is 19.2 Å². The molecule has 20 heavy (non-hydrogen) atoms. The quantitative estimate of drug-likeness (QED) is 0.666. The van der Waals surface area contributed by atoms with Gasteiger partial charge in [0.2, 0.25) is 0 Å². The van der Waals surface area contributed by atoms with Crippen molar-refractivity contribution in [1.29, 1.82) is 0 Å². The Balaban J connectivity index is 2.40. The zero-order chi connectivity index (χ0) is 14.7. The molecule has 2 aromatic rings. The van der Waals surface area contributed by atoms with Crippen molar-refractivity contribution in [3.8, 4) is 0 Å². The fraction of sp³-hybridized carbons (Fsp3) is 0.133. The molecule has 0 atom stereocenters. The molecule has 0 saturated heterocycles. The maximum absolute atomic E-state index is 13.8. The Bertz CT molecular complexity index is 656. The third-order valence-electron chi connectivity index (χ3n) is 2.84. The van der Waals surface area contributed by atoms with Crippen molar-refractivity contribution in [1.82, 2.24) is 0 Å². The van der Waals surface area contributed by atoms with Crippen LogP contribution in [0.2, 0.25) is 0 Å². The minimum Gasteiger partial charge on any atom is -0.465 e. The number of benzene rings is 2. The predicted molar refractivity (Wildman–Crippen MR) is 76.6 cm³/mol. The summed E-state index contributed by atoms with van der Waals surface area (Å²) in [6.07, 6.45) is 0. The summed E-state index contributed by atoms with van der Waals surface area (Å²) in [5.41, 5.74) is 7.88. The number of carbonyl (C=O) groups excluding carboxylic acids is 1. The first-order valence-corrected chi connectivity index (χ1v) is 6.02. The smallest absolute Gasteiger partial charge is 0.340 e. The molecule has 4 nitrogen and oxygen atoms in total. The summed E-state index contributed by atoms with van der Waals surface area (Å²) in [6, 6.07) is 9.53. The number of ether oxygens (including phenoxy) is 1. The Morgan fingerprint density at radius 1 is 1.20 bits per heavy atom. The van der Waals surface area contributed by atoms with Crippen molar-refractivity contribution in [2.45, 2.75) is 6.92 Å². The number of hydrogen-bond donors (Lipinski definition) is 2. The van der Waals surface area contributed by atoms with Crippen LogP contribution in [0.3, 0.4) is 0 Å². The summed E-state index contributed by atoms with van der Waals surface area (Å²) in [5, 5.41) is 2.88. The van der Waals surface area contributed by atoms with Crippen molar-refractivity contribution < 1.29 is 13.9 Å². The van der Waals surface area contributed by atoms with Crippen LogP contribution in [0.15, 0.2) is 36.4 Å². The van der Waals surface area contributed by atoms with E-state index < -0.39 is 11.8 Å². The van der Waals surface area contributed by atoms with E-state index in [9.17, 15) is 9.18 Å². The van der Waals surface area contributed by atoms with Crippen LogP contribution in [-0.4, -0.2) is 13.1 Å². The zero-order valence-electron chi connectivity index (χ0n) is 11.2. The fourth-order valence-corrected chi connectivity index (χ4v) is 1.82. The van der Waals surface area contributed by atoms with E-state index in [-0.39, 0.29) is 11.3 Å². The summed E-state index contributed by atoms with van der Waals surface area (Å²) < 4.78 is 18.5. The Morgan fingerprint density at radius 3 is 2.55 bits per heavy atom. The first-order chi connectivity index (χ1) is 9.51.